The molecular formula is C37H52N8O14. The van der Waals surface area contributed by atoms with Gasteiger partial charge in [0.1, 0.15) is 47.8 Å². The maximum atomic E-state index is 13.5. The third-order valence-corrected chi connectivity index (χ3v) is 8.89. The van der Waals surface area contributed by atoms with E-state index in [0.29, 0.717) is 17.5 Å². The van der Waals surface area contributed by atoms with Crippen molar-refractivity contribution in [3.63, 3.8) is 0 Å². The first-order valence-corrected chi connectivity index (χ1v) is 18.4. The third-order valence-electron chi connectivity index (χ3n) is 8.89. The Morgan fingerprint density at radius 3 is 1.39 bits per heavy atom. The van der Waals surface area contributed by atoms with Crippen molar-refractivity contribution >= 4 is 47.3 Å². The Kier molecular flexibility index (Phi) is 20.2. The van der Waals surface area contributed by atoms with Crippen molar-refractivity contribution in [3.05, 3.63) is 59.7 Å². The first-order chi connectivity index (χ1) is 28.0. The zero-order valence-electron chi connectivity index (χ0n) is 32.3. The summed E-state index contributed by atoms with van der Waals surface area (Å²) in [6.45, 7) is -0.703. The molecule has 7 amide bonds. The van der Waals surface area contributed by atoms with Gasteiger partial charge >= 0.3 is 5.97 Å². The lowest BCUT2D eigenvalue weighted by Gasteiger charge is -2.28. The predicted molar refractivity (Wildman–Crippen MR) is 206 cm³/mol. The molecule has 0 radical (unpaired) electrons. The van der Waals surface area contributed by atoms with Gasteiger partial charge in [-0.2, -0.15) is 0 Å². The Bertz CT molecular complexity index is 1760. The molecule has 324 valence electrons. The largest absolute Gasteiger partial charge is 0.508 e. The zero-order chi connectivity index (χ0) is 44.2. The number of hydrogen-bond donors (Lipinski definition) is 14. The first-order valence-electron chi connectivity index (χ1n) is 18.4. The van der Waals surface area contributed by atoms with Crippen LogP contribution in [0, 0.1) is 5.92 Å². The van der Waals surface area contributed by atoms with E-state index < -0.39 is 122 Å². The number of nitrogens with one attached hydrogen (secondary N) is 7. The number of rotatable bonds is 24. The molecule has 0 fully saturated rings. The average Bonchev–Trinajstić information content (AvgIpc) is 3.22. The lowest BCUT2D eigenvalue weighted by molar-refractivity contribution is -0.142. The fourth-order valence-corrected chi connectivity index (χ4v) is 5.26. The first kappa shape index (κ1) is 48.8. The monoisotopic (exact) mass is 832 g/mol. The van der Waals surface area contributed by atoms with Crippen LogP contribution in [0.3, 0.4) is 0 Å². The third kappa shape index (κ3) is 16.2. The quantitative estimate of drug-likeness (QED) is 0.0471. The van der Waals surface area contributed by atoms with Crippen molar-refractivity contribution in [1.29, 1.82) is 0 Å². The Morgan fingerprint density at radius 2 is 0.949 bits per heavy atom. The van der Waals surface area contributed by atoms with Gasteiger partial charge in [-0.3, -0.25) is 33.6 Å². The Labute approximate surface area is 338 Å². The number of hydrogen-bond acceptors (Lipinski definition) is 14. The maximum absolute atomic E-state index is 13.5. The number of aliphatic hydroxyl groups is 3. The summed E-state index contributed by atoms with van der Waals surface area (Å²) in [4.78, 5) is 102. The van der Waals surface area contributed by atoms with Crippen LogP contribution in [-0.4, -0.2) is 147 Å². The minimum atomic E-state index is -1.79. The summed E-state index contributed by atoms with van der Waals surface area (Å²) in [5.41, 5.74) is 6.03. The number of aliphatic hydroxyl groups excluding tert-OH is 3. The number of nitrogens with two attached hydrogens (primary N) is 1. The van der Waals surface area contributed by atoms with E-state index in [4.69, 9.17) is 5.73 Å². The molecule has 0 saturated carbocycles. The van der Waals surface area contributed by atoms with Gasteiger partial charge in [-0.15, -0.1) is 0 Å². The highest BCUT2D eigenvalue weighted by Gasteiger charge is 2.34. The van der Waals surface area contributed by atoms with E-state index in [1.807, 2.05) is 0 Å². The summed E-state index contributed by atoms with van der Waals surface area (Å²) in [5, 5.41) is 74.9. The number of aliphatic carboxylic acids is 1. The molecule has 0 aliphatic carbocycles. The highest BCUT2D eigenvalue weighted by molar-refractivity contribution is 5.97. The highest BCUT2D eigenvalue weighted by Crippen LogP contribution is 2.14. The minimum Gasteiger partial charge on any atom is -0.508 e. The number of carbonyl (C=O) groups excluding carboxylic acids is 7. The van der Waals surface area contributed by atoms with Crippen LogP contribution >= 0.6 is 0 Å². The number of benzene rings is 2. The molecule has 2 rings (SSSR count). The molecule has 0 heterocycles. The molecule has 15 N–H and O–H groups in total. The Morgan fingerprint density at radius 1 is 0.559 bits per heavy atom. The number of carbonyl (C=O) groups is 8. The molecule has 2 aromatic rings. The lowest BCUT2D eigenvalue weighted by Crippen LogP contribution is -2.62. The fraction of sp³-hybridized carbons (Fsp3) is 0.459. The van der Waals surface area contributed by atoms with Crippen molar-refractivity contribution < 1.29 is 69.0 Å². The molecule has 0 aromatic heterocycles. The highest BCUT2D eigenvalue weighted by atomic mass is 16.4. The zero-order valence-corrected chi connectivity index (χ0v) is 32.3. The number of phenols is 2. The number of carboxylic acid groups (broad SMARTS) is 1. The molecule has 2 aromatic carbocycles. The molecule has 7 atom stereocenters. The molecule has 59 heavy (non-hydrogen) atoms. The van der Waals surface area contributed by atoms with Crippen molar-refractivity contribution in [2.24, 2.45) is 11.7 Å². The van der Waals surface area contributed by atoms with Crippen LogP contribution in [0.5, 0.6) is 11.5 Å². The molecule has 0 saturated heterocycles. The second-order valence-electron chi connectivity index (χ2n) is 13.3. The summed E-state index contributed by atoms with van der Waals surface area (Å²) in [5.74, 6) is -8.98. The van der Waals surface area contributed by atoms with Gasteiger partial charge in [0.15, 0.2) is 0 Å². The van der Waals surface area contributed by atoms with E-state index >= 15 is 0 Å². The maximum Gasteiger partial charge on any atom is 0.326 e. The second-order valence-corrected chi connectivity index (χ2v) is 13.3. The van der Waals surface area contributed by atoms with Gasteiger partial charge in [-0.25, -0.2) is 4.79 Å². The molecule has 22 nitrogen and oxygen atoms in total. The van der Waals surface area contributed by atoms with E-state index in [9.17, 15) is 69.0 Å². The molecule has 0 bridgehead atoms. The van der Waals surface area contributed by atoms with Gasteiger partial charge < -0.3 is 73.6 Å². The number of phenolic OH excluding ortho intramolecular Hbond substituents is 2. The van der Waals surface area contributed by atoms with Crippen molar-refractivity contribution in [1.82, 2.24) is 37.2 Å². The minimum absolute atomic E-state index is 0.0656. The summed E-state index contributed by atoms with van der Waals surface area (Å²) >= 11 is 0. The van der Waals surface area contributed by atoms with Crippen LogP contribution in [-0.2, 0) is 51.2 Å². The second kappa shape index (κ2) is 24.4. The topological polar surface area (TPSA) is 368 Å². The normalized spacial score (nSPS) is 14.4. The molecule has 0 spiro atoms. The fourth-order valence-electron chi connectivity index (χ4n) is 5.26. The van der Waals surface area contributed by atoms with Crippen LogP contribution in [0.25, 0.3) is 0 Å². The van der Waals surface area contributed by atoms with Gasteiger partial charge in [0.05, 0.1) is 32.9 Å². The molecule has 22 heteroatoms. The molecule has 0 aliphatic rings. The van der Waals surface area contributed by atoms with E-state index in [1.165, 1.54) is 48.5 Å². The van der Waals surface area contributed by atoms with Crippen LogP contribution in [0.2, 0.25) is 0 Å². The smallest absolute Gasteiger partial charge is 0.326 e. The summed E-state index contributed by atoms with van der Waals surface area (Å²) in [6, 6.07) is 1.55. The average molecular weight is 833 g/mol. The van der Waals surface area contributed by atoms with Crippen LogP contribution < -0.4 is 43.0 Å². The van der Waals surface area contributed by atoms with Crippen molar-refractivity contribution in [2.75, 3.05) is 32.9 Å². The SMILES string of the molecule is CC[C@H](C)[C@H](NC(=O)[C@H](CO)NC(=O)CNC(=O)CN)C(=O)N[C@@H](CO)C(=O)N[C@@H](CO)C(=O)N[C@@H](Cc1ccc(O)cc1)C(=O)N[C@@H](Cc1ccc(O)cc1)C(=O)O. The lowest BCUT2D eigenvalue weighted by atomic mass is 9.97. The summed E-state index contributed by atoms with van der Waals surface area (Å²) < 4.78 is 0. The number of amides is 7. The molecule has 0 aliphatic heterocycles. The van der Waals surface area contributed by atoms with Crippen molar-refractivity contribution in [3.8, 4) is 11.5 Å². The molecular weight excluding hydrogens is 780 g/mol. The predicted octanol–water partition coefficient (Wildman–Crippen LogP) is -5.03. The Balaban J connectivity index is 2.20. The van der Waals surface area contributed by atoms with Crippen LogP contribution in [0.15, 0.2) is 48.5 Å². The summed E-state index contributed by atoms with van der Waals surface area (Å²) in [6.07, 6.45) is -0.161. The molecule has 0 unspecified atom stereocenters. The van der Waals surface area contributed by atoms with Gasteiger partial charge in [0.25, 0.3) is 0 Å². The van der Waals surface area contributed by atoms with E-state index in [0.717, 1.165) is 0 Å². The Hall–Kier alpha value is -6.36. The van der Waals surface area contributed by atoms with E-state index in [1.54, 1.807) is 13.8 Å². The standard InChI is InChI=1S/C37H52N8O14/c1-3-19(2)31(45-35(56)26(16-46)40-30(52)15-39-29(51)14-38)36(57)44-28(18-48)34(55)43-27(17-47)33(54)41-24(12-20-4-8-22(49)9-5-20)32(53)42-25(37(58)59)13-21-6-10-23(50)11-7-21/h4-11,19,24-28,31,46-50H,3,12-18,38H2,1-2H3,(H,39,51)(H,40,52)(H,41,54)(H,42,53)(H,43,55)(H,44,57)(H,45,56)(H,58,59)/t19-,24-,25-,26-,27-,28-,31-/m0/s1. The van der Waals surface area contributed by atoms with E-state index in [-0.39, 0.29) is 24.3 Å². The van der Waals surface area contributed by atoms with Crippen LogP contribution in [0.1, 0.15) is 31.4 Å². The van der Waals surface area contributed by atoms with Crippen molar-refractivity contribution in [2.45, 2.75) is 69.4 Å². The number of aromatic hydroxyl groups is 2. The van der Waals surface area contributed by atoms with Gasteiger partial charge in [0, 0.05) is 12.8 Å². The van der Waals surface area contributed by atoms with Gasteiger partial charge in [-0.05, 0) is 41.3 Å². The summed E-state index contributed by atoms with van der Waals surface area (Å²) in [7, 11) is 0. The number of carboxylic acids is 1. The van der Waals surface area contributed by atoms with Gasteiger partial charge in [-0.1, -0.05) is 44.5 Å². The van der Waals surface area contributed by atoms with Gasteiger partial charge in [0.2, 0.25) is 41.4 Å². The van der Waals surface area contributed by atoms with E-state index in [2.05, 4.69) is 37.2 Å². The van der Waals surface area contributed by atoms with Crippen LogP contribution in [0.4, 0.5) is 0 Å².